The molecule has 2 rings (SSSR count). The number of nitrogens with one attached hydrogen (secondary N) is 1. The number of carbonyl (C=O) groups excluding carboxylic acids is 2. The number of hydrogen-bond donors (Lipinski definition) is 2. The van der Waals surface area contributed by atoms with Crippen molar-refractivity contribution < 1.29 is 28.6 Å². The molecule has 7 heteroatoms. The van der Waals surface area contributed by atoms with Gasteiger partial charge in [-0.25, -0.2) is 14.0 Å². The summed E-state index contributed by atoms with van der Waals surface area (Å²) in [6.07, 6.45) is -0.536. The first-order valence-corrected chi connectivity index (χ1v) is 8.74. The van der Waals surface area contributed by atoms with Gasteiger partial charge in [0, 0.05) is 12.0 Å². The highest BCUT2D eigenvalue weighted by Gasteiger charge is 2.25. The zero-order chi connectivity index (χ0) is 20.9. The van der Waals surface area contributed by atoms with Crippen LogP contribution in [-0.2, 0) is 20.7 Å². The van der Waals surface area contributed by atoms with Crippen LogP contribution in [0.25, 0.3) is 11.1 Å². The summed E-state index contributed by atoms with van der Waals surface area (Å²) in [5.41, 5.74) is 1.03. The number of ether oxygens (including phenoxy) is 2. The van der Waals surface area contributed by atoms with E-state index in [1.54, 1.807) is 45.0 Å². The van der Waals surface area contributed by atoms with Crippen LogP contribution in [0.15, 0.2) is 42.5 Å². The van der Waals surface area contributed by atoms with Crippen molar-refractivity contribution >= 4 is 12.1 Å². The molecule has 0 fully saturated rings. The van der Waals surface area contributed by atoms with Crippen LogP contribution in [-0.4, -0.2) is 35.9 Å². The third kappa shape index (κ3) is 5.97. The fraction of sp³-hybridized carbons (Fsp3) is 0.333. The lowest BCUT2D eigenvalue weighted by molar-refractivity contribution is -0.143. The first-order valence-electron chi connectivity index (χ1n) is 8.74. The molecule has 0 spiro atoms. The number of alkyl carbamates (subject to hydrolysis) is 1. The van der Waals surface area contributed by atoms with E-state index in [9.17, 15) is 19.1 Å². The zero-order valence-corrected chi connectivity index (χ0v) is 16.3. The molecule has 0 unspecified atom stereocenters. The number of halogens is 1. The molecule has 0 heterocycles. The number of esters is 1. The highest BCUT2D eigenvalue weighted by Crippen LogP contribution is 2.30. The van der Waals surface area contributed by atoms with E-state index in [2.05, 4.69) is 5.32 Å². The molecule has 1 amide bonds. The lowest BCUT2D eigenvalue weighted by Crippen LogP contribution is -2.45. The highest BCUT2D eigenvalue weighted by molar-refractivity contribution is 5.81. The van der Waals surface area contributed by atoms with Gasteiger partial charge >= 0.3 is 12.1 Å². The van der Waals surface area contributed by atoms with E-state index in [1.165, 1.54) is 25.3 Å². The van der Waals surface area contributed by atoms with Crippen LogP contribution in [0.4, 0.5) is 9.18 Å². The molecule has 2 N–H and O–H groups in total. The van der Waals surface area contributed by atoms with Gasteiger partial charge in [-0.05, 0) is 50.1 Å². The Labute approximate surface area is 163 Å². The molecule has 2 aromatic rings. The summed E-state index contributed by atoms with van der Waals surface area (Å²) in [6.45, 7) is 5.17. The lowest BCUT2D eigenvalue weighted by atomic mass is 10.00. The van der Waals surface area contributed by atoms with Crippen LogP contribution in [0.3, 0.4) is 0 Å². The van der Waals surface area contributed by atoms with Gasteiger partial charge in [0.05, 0.1) is 7.11 Å². The average Bonchev–Trinajstić information content (AvgIpc) is 2.61. The second-order valence-electron chi connectivity index (χ2n) is 7.28. The molecular formula is C21H24FNO5. The van der Waals surface area contributed by atoms with E-state index >= 15 is 0 Å². The molecular weight excluding hydrogens is 365 g/mol. The van der Waals surface area contributed by atoms with Gasteiger partial charge in [0.25, 0.3) is 0 Å². The highest BCUT2D eigenvalue weighted by atomic mass is 19.1. The second kappa shape index (κ2) is 8.73. The summed E-state index contributed by atoms with van der Waals surface area (Å²) < 4.78 is 23.4. The minimum Gasteiger partial charge on any atom is -0.507 e. The lowest BCUT2D eigenvalue weighted by Gasteiger charge is -2.22. The predicted octanol–water partition coefficient (Wildman–Crippen LogP) is 3.81. The number of phenols is 1. The molecule has 0 aliphatic carbocycles. The Kier molecular flexibility index (Phi) is 6.62. The molecule has 6 nitrogen and oxygen atoms in total. The fourth-order valence-corrected chi connectivity index (χ4v) is 2.58. The quantitative estimate of drug-likeness (QED) is 0.760. The normalized spacial score (nSPS) is 12.2. The molecule has 1 atom stereocenters. The van der Waals surface area contributed by atoms with Gasteiger partial charge < -0.3 is 19.9 Å². The van der Waals surface area contributed by atoms with E-state index in [1.807, 2.05) is 0 Å². The maximum atomic E-state index is 13.4. The third-order valence-corrected chi connectivity index (χ3v) is 3.84. The number of rotatable bonds is 5. The van der Waals surface area contributed by atoms with Gasteiger partial charge in [0.2, 0.25) is 0 Å². The van der Waals surface area contributed by atoms with Crippen molar-refractivity contribution in [2.45, 2.75) is 38.8 Å². The van der Waals surface area contributed by atoms with E-state index < -0.39 is 29.5 Å². The molecule has 2 aromatic carbocycles. The molecule has 0 saturated carbocycles. The molecule has 0 aromatic heterocycles. The van der Waals surface area contributed by atoms with Crippen molar-refractivity contribution in [3.8, 4) is 16.9 Å². The number of methoxy groups -OCH3 is 1. The second-order valence-corrected chi connectivity index (χ2v) is 7.28. The fourth-order valence-electron chi connectivity index (χ4n) is 2.58. The van der Waals surface area contributed by atoms with Crippen LogP contribution in [0.2, 0.25) is 0 Å². The number of phenolic OH excluding ortho intramolecular Hbond substituents is 1. The maximum Gasteiger partial charge on any atom is 0.408 e. The first-order chi connectivity index (χ1) is 13.1. The van der Waals surface area contributed by atoms with Crippen molar-refractivity contribution in [1.82, 2.24) is 5.32 Å². The topological polar surface area (TPSA) is 84.9 Å². The predicted molar refractivity (Wildman–Crippen MR) is 102 cm³/mol. The summed E-state index contributed by atoms with van der Waals surface area (Å²) in [5, 5.41) is 12.4. The van der Waals surface area contributed by atoms with Gasteiger partial charge in [-0.15, -0.1) is 0 Å². The van der Waals surface area contributed by atoms with Gasteiger partial charge in [0.1, 0.15) is 23.2 Å². The number of aromatic hydroxyl groups is 1. The Balaban J connectivity index is 2.15. The number of benzene rings is 2. The molecule has 0 radical (unpaired) electrons. The minimum atomic E-state index is -0.923. The summed E-state index contributed by atoms with van der Waals surface area (Å²) in [4.78, 5) is 24.0. The smallest absolute Gasteiger partial charge is 0.408 e. The molecule has 28 heavy (non-hydrogen) atoms. The summed E-state index contributed by atoms with van der Waals surface area (Å²) in [5.74, 6) is -1.09. The zero-order valence-electron chi connectivity index (χ0n) is 16.3. The molecule has 0 aliphatic heterocycles. The molecule has 0 saturated heterocycles. The van der Waals surface area contributed by atoms with Crippen LogP contribution in [0, 0.1) is 5.82 Å². The number of amides is 1. The number of hydrogen-bond acceptors (Lipinski definition) is 5. The SMILES string of the molecule is COC(=O)[C@@H](Cc1ccc(-c2cc(F)ccc2O)cc1)NC(=O)OC(C)(C)C. The summed E-state index contributed by atoms with van der Waals surface area (Å²) >= 11 is 0. The van der Waals surface area contributed by atoms with Crippen LogP contribution < -0.4 is 5.32 Å². The standard InChI is InChI=1S/C21H24FNO5/c1-21(2,3)28-20(26)23-17(19(25)27-4)11-13-5-7-14(8-6-13)16-12-15(22)9-10-18(16)24/h5-10,12,17,24H,11H2,1-4H3,(H,23,26)/t17-/m1/s1. The molecule has 150 valence electrons. The van der Waals surface area contributed by atoms with Crippen molar-refractivity contribution in [2.75, 3.05) is 7.11 Å². The molecule has 0 aliphatic rings. The van der Waals surface area contributed by atoms with E-state index in [0.717, 1.165) is 5.56 Å². The van der Waals surface area contributed by atoms with Gasteiger partial charge in [0.15, 0.2) is 0 Å². The van der Waals surface area contributed by atoms with Crippen LogP contribution in [0.5, 0.6) is 5.75 Å². The maximum absolute atomic E-state index is 13.4. The van der Waals surface area contributed by atoms with E-state index in [4.69, 9.17) is 9.47 Å². The summed E-state index contributed by atoms with van der Waals surface area (Å²) in [6, 6.07) is 9.64. The van der Waals surface area contributed by atoms with Crippen molar-refractivity contribution in [2.24, 2.45) is 0 Å². The average molecular weight is 389 g/mol. The van der Waals surface area contributed by atoms with Crippen molar-refractivity contribution in [3.63, 3.8) is 0 Å². The molecule has 0 bridgehead atoms. The first kappa shape index (κ1) is 21.2. The summed E-state index contributed by atoms with van der Waals surface area (Å²) in [7, 11) is 1.24. The van der Waals surface area contributed by atoms with E-state index in [0.29, 0.717) is 11.1 Å². The third-order valence-electron chi connectivity index (χ3n) is 3.84. The Morgan fingerprint density at radius 3 is 2.36 bits per heavy atom. The largest absolute Gasteiger partial charge is 0.507 e. The Morgan fingerprint density at radius 1 is 1.14 bits per heavy atom. The van der Waals surface area contributed by atoms with Gasteiger partial charge in [-0.3, -0.25) is 0 Å². The van der Waals surface area contributed by atoms with Crippen LogP contribution >= 0.6 is 0 Å². The Bertz CT molecular complexity index is 843. The number of carbonyl (C=O) groups is 2. The Hall–Kier alpha value is -3.09. The van der Waals surface area contributed by atoms with Gasteiger partial charge in [-0.2, -0.15) is 0 Å². The van der Waals surface area contributed by atoms with Crippen molar-refractivity contribution in [1.29, 1.82) is 0 Å². The van der Waals surface area contributed by atoms with Gasteiger partial charge in [-0.1, -0.05) is 24.3 Å². The van der Waals surface area contributed by atoms with Crippen LogP contribution in [0.1, 0.15) is 26.3 Å². The Morgan fingerprint density at radius 2 is 1.79 bits per heavy atom. The van der Waals surface area contributed by atoms with E-state index in [-0.39, 0.29) is 12.2 Å². The monoisotopic (exact) mass is 389 g/mol. The van der Waals surface area contributed by atoms with Crippen molar-refractivity contribution in [3.05, 3.63) is 53.8 Å². The minimum absolute atomic E-state index is 0.0341.